The molecule has 1 aromatic heterocycles. The second kappa shape index (κ2) is 10.4. The molecule has 2 aliphatic rings. The van der Waals surface area contributed by atoms with E-state index in [1.165, 1.54) is 4.57 Å². The largest absolute Gasteiger partial charge is 0.456 e. The van der Waals surface area contributed by atoms with E-state index in [-0.39, 0.29) is 30.7 Å². The Bertz CT molecular complexity index is 929. The number of imidazole rings is 1. The second-order valence-electron chi connectivity index (χ2n) is 9.76. The summed E-state index contributed by atoms with van der Waals surface area (Å²) in [5.41, 5.74) is 0.184. The minimum atomic E-state index is -0.783. The number of aromatic nitrogens is 2. The van der Waals surface area contributed by atoms with E-state index in [1.807, 2.05) is 27.7 Å². The first-order valence-corrected chi connectivity index (χ1v) is 11.8. The summed E-state index contributed by atoms with van der Waals surface area (Å²) in [7, 11) is 0. The molecule has 1 unspecified atom stereocenters. The van der Waals surface area contributed by atoms with Gasteiger partial charge in [-0.15, -0.1) is 0 Å². The molecule has 2 aliphatic heterocycles. The first-order chi connectivity index (χ1) is 16.0. The Morgan fingerprint density at radius 2 is 1.91 bits per heavy atom. The fourth-order valence-electron chi connectivity index (χ4n) is 4.08. The lowest BCUT2D eigenvalue weighted by Crippen LogP contribution is -2.48. The van der Waals surface area contributed by atoms with Crippen molar-refractivity contribution in [1.29, 1.82) is 0 Å². The lowest BCUT2D eigenvalue weighted by molar-refractivity contribution is -0.148. The Hall–Kier alpha value is -3.11. The fraction of sp³-hybridized carbons (Fsp3) is 0.696. The van der Waals surface area contributed by atoms with Crippen molar-refractivity contribution >= 4 is 24.0 Å². The Labute approximate surface area is 199 Å². The summed E-state index contributed by atoms with van der Waals surface area (Å²) in [5.74, 6) is -0.454. The fourth-order valence-corrected chi connectivity index (χ4v) is 4.08. The van der Waals surface area contributed by atoms with Crippen LogP contribution in [0, 0.1) is 0 Å². The molecule has 0 aromatic carbocycles. The highest BCUT2D eigenvalue weighted by Crippen LogP contribution is 2.27. The zero-order valence-electron chi connectivity index (χ0n) is 20.6. The topological polar surface area (TPSA) is 123 Å². The predicted molar refractivity (Wildman–Crippen MR) is 122 cm³/mol. The molecule has 11 nitrogen and oxygen atoms in total. The third-order valence-corrected chi connectivity index (χ3v) is 5.79. The van der Waals surface area contributed by atoms with Gasteiger partial charge < -0.3 is 24.6 Å². The number of rotatable bonds is 7. The molecule has 3 rings (SSSR count). The van der Waals surface area contributed by atoms with Crippen LogP contribution in [-0.2, 0) is 32.2 Å². The van der Waals surface area contributed by atoms with Gasteiger partial charge in [0, 0.05) is 25.6 Å². The standard InChI is InChI=1S/C23H35N5O6/c1-6-7-19(29)25-15(2)20(30)33-14-18-24-12-17-13-27(21(31)28(17)18)16-8-10-26(11-9-16)22(32)34-23(3,4)5/h12,15-16H,6-11,13-14H2,1-5H3,(H,25,29). The van der Waals surface area contributed by atoms with Gasteiger partial charge in [0.1, 0.15) is 18.2 Å². The summed E-state index contributed by atoms with van der Waals surface area (Å²) in [4.78, 5) is 57.0. The van der Waals surface area contributed by atoms with Gasteiger partial charge in [0.2, 0.25) is 5.91 Å². The molecule has 0 spiro atoms. The molecule has 1 fully saturated rings. The third kappa shape index (κ3) is 6.06. The smallest absolute Gasteiger partial charge is 0.410 e. The highest BCUT2D eigenvalue weighted by atomic mass is 16.6. The Morgan fingerprint density at radius 3 is 2.53 bits per heavy atom. The number of hydrogen-bond donors (Lipinski definition) is 1. The van der Waals surface area contributed by atoms with Gasteiger partial charge in [0.25, 0.3) is 0 Å². The van der Waals surface area contributed by atoms with E-state index in [4.69, 9.17) is 9.47 Å². The maximum Gasteiger partial charge on any atom is 0.410 e. The van der Waals surface area contributed by atoms with Gasteiger partial charge in [-0.1, -0.05) is 6.92 Å². The molecule has 3 amide bonds. The maximum absolute atomic E-state index is 13.1. The first-order valence-electron chi connectivity index (χ1n) is 11.8. The molecular weight excluding hydrogens is 442 g/mol. The van der Waals surface area contributed by atoms with Crippen molar-refractivity contribution < 1.29 is 28.7 Å². The molecule has 11 heteroatoms. The summed E-state index contributed by atoms with van der Waals surface area (Å²) in [6.07, 6.45) is 3.62. The third-order valence-electron chi connectivity index (χ3n) is 5.79. The number of amides is 3. The van der Waals surface area contributed by atoms with E-state index in [1.54, 1.807) is 22.9 Å². The molecule has 1 atom stereocenters. The number of likely N-dealkylation sites (tertiary alicyclic amines) is 1. The van der Waals surface area contributed by atoms with Crippen molar-refractivity contribution in [2.75, 3.05) is 13.1 Å². The molecule has 34 heavy (non-hydrogen) atoms. The Morgan fingerprint density at radius 1 is 1.24 bits per heavy atom. The molecule has 0 aliphatic carbocycles. The van der Waals surface area contributed by atoms with Crippen LogP contribution >= 0.6 is 0 Å². The van der Waals surface area contributed by atoms with Gasteiger partial charge in [0.05, 0.1) is 18.4 Å². The van der Waals surface area contributed by atoms with Crippen LogP contribution in [0.1, 0.15) is 71.8 Å². The van der Waals surface area contributed by atoms with Gasteiger partial charge in [-0.05, 0) is 47.0 Å². The SMILES string of the molecule is CCCC(=O)NC(C)C(=O)OCc1ncc2n1C(=O)N(C1CCN(C(=O)OC(C)(C)C)CC1)C2. The van der Waals surface area contributed by atoms with E-state index >= 15 is 0 Å². The molecule has 3 heterocycles. The van der Waals surface area contributed by atoms with Crippen LogP contribution in [0.2, 0.25) is 0 Å². The number of carbonyl (C=O) groups excluding carboxylic acids is 4. The van der Waals surface area contributed by atoms with Crippen LogP contribution in [0.15, 0.2) is 6.20 Å². The van der Waals surface area contributed by atoms with Crippen molar-refractivity contribution in [2.45, 2.75) is 91.1 Å². The second-order valence-corrected chi connectivity index (χ2v) is 9.76. The molecule has 188 valence electrons. The Balaban J connectivity index is 1.53. The minimum absolute atomic E-state index is 0.00436. The molecule has 0 saturated carbocycles. The highest BCUT2D eigenvalue weighted by molar-refractivity contribution is 5.84. The van der Waals surface area contributed by atoms with Crippen LogP contribution in [0.3, 0.4) is 0 Å². The van der Waals surface area contributed by atoms with Crippen molar-refractivity contribution in [3.63, 3.8) is 0 Å². The zero-order valence-corrected chi connectivity index (χ0v) is 20.6. The highest BCUT2D eigenvalue weighted by Gasteiger charge is 2.37. The van der Waals surface area contributed by atoms with Crippen LogP contribution in [0.25, 0.3) is 0 Å². The molecule has 1 aromatic rings. The maximum atomic E-state index is 13.1. The van der Waals surface area contributed by atoms with Gasteiger partial charge in [-0.3, -0.25) is 4.79 Å². The van der Waals surface area contributed by atoms with Crippen LogP contribution in [-0.4, -0.2) is 74.1 Å². The molecular formula is C23H35N5O6. The zero-order chi connectivity index (χ0) is 25.0. The molecule has 1 N–H and O–H groups in total. The number of piperidine rings is 1. The quantitative estimate of drug-likeness (QED) is 0.598. The number of nitrogens with one attached hydrogen (secondary N) is 1. The minimum Gasteiger partial charge on any atom is -0.456 e. The number of carbonyl (C=O) groups is 4. The molecule has 0 bridgehead atoms. The van der Waals surface area contributed by atoms with E-state index in [0.717, 1.165) is 5.69 Å². The van der Waals surface area contributed by atoms with Crippen LogP contribution < -0.4 is 5.32 Å². The van der Waals surface area contributed by atoms with Gasteiger partial charge in [0.15, 0.2) is 5.82 Å². The summed E-state index contributed by atoms with van der Waals surface area (Å²) in [6, 6.07) is -0.997. The average molecular weight is 478 g/mol. The Kier molecular flexibility index (Phi) is 7.83. The van der Waals surface area contributed by atoms with Gasteiger partial charge >= 0.3 is 18.1 Å². The van der Waals surface area contributed by atoms with Crippen molar-refractivity contribution in [2.24, 2.45) is 0 Å². The number of esters is 1. The van der Waals surface area contributed by atoms with Crippen LogP contribution in [0.4, 0.5) is 9.59 Å². The number of fused-ring (bicyclic) bond motifs is 1. The summed E-state index contributed by atoms with van der Waals surface area (Å²) >= 11 is 0. The van der Waals surface area contributed by atoms with Gasteiger partial charge in [-0.2, -0.15) is 0 Å². The number of ether oxygens (including phenoxy) is 2. The van der Waals surface area contributed by atoms with E-state index < -0.39 is 17.6 Å². The summed E-state index contributed by atoms with van der Waals surface area (Å²) < 4.78 is 12.2. The molecule has 1 saturated heterocycles. The first kappa shape index (κ1) is 25.5. The predicted octanol–water partition coefficient (Wildman–Crippen LogP) is 2.41. The van der Waals surface area contributed by atoms with E-state index in [9.17, 15) is 19.2 Å². The summed E-state index contributed by atoms with van der Waals surface area (Å²) in [5, 5.41) is 2.59. The van der Waals surface area contributed by atoms with E-state index in [2.05, 4.69) is 10.3 Å². The van der Waals surface area contributed by atoms with Crippen molar-refractivity contribution in [1.82, 2.24) is 24.7 Å². The monoisotopic (exact) mass is 477 g/mol. The van der Waals surface area contributed by atoms with Gasteiger partial charge in [-0.25, -0.2) is 23.9 Å². The summed E-state index contributed by atoms with van der Waals surface area (Å²) in [6.45, 7) is 10.2. The van der Waals surface area contributed by atoms with E-state index in [0.29, 0.717) is 51.1 Å². The van der Waals surface area contributed by atoms with Crippen LogP contribution in [0.5, 0.6) is 0 Å². The number of nitrogens with zero attached hydrogens (tertiary/aromatic N) is 4. The lowest BCUT2D eigenvalue weighted by atomic mass is 10.0. The lowest BCUT2D eigenvalue weighted by Gasteiger charge is -2.36. The van der Waals surface area contributed by atoms with Crippen molar-refractivity contribution in [3.05, 3.63) is 17.7 Å². The average Bonchev–Trinajstić information content (AvgIpc) is 3.31. The van der Waals surface area contributed by atoms with Crippen molar-refractivity contribution in [3.8, 4) is 0 Å². The molecule has 0 radical (unpaired) electrons. The number of hydrogen-bond acceptors (Lipinski definition) is 7. The normalized spacial score (nSPS) is 17.4.